The van der Waals surface area contributed by atoms with Gasteiger partial charge < -0.3 is 14.6 Å². The van der Waals surface area contributed by atoms with Crippen molar-refractivity contribution in [1.29, 1.82) is 0 Å². The van der Waals surface area contributed by atoms with Crippen LogP contribution in [0.1, 0.15) is 29.3 Å². The van der Waals surface area contributed by atoms with Crippen molar-refractivity contribution in [3.8, 4) is 5.75 Å². The second-order valence-corrected chi connectivity index (χ2v) is 7.52. The number of piperidine rings is 1. The van der Waals surface area contributed by atoms with Crippen LogP contribution in [0.4, 0.5) is 0 Å². The number of pyridine rings is 2. The van der Waals surface area contributed by atoms with Crippen molar-refractivity contribution in [2.75, 3.05) is 27.2 Å². The van der Waals surface area contributed by atoms with E-state index in [2.05, 4.69) is 21.3 Å². The molecule has 4 rings (SSSR count). The predicted molar refractivity (Wildman–Crippen MR) is 115 cm³/mol. The van der Waals surface area contributed by atoms with Crippen LogP contribution in [-0.4, -0.2) is 41.7 Å². The number of nitrogens with zero attached hydrogens (tertiary/aromatic N) is 3. The van der Waals surface area contributed by atoms with Crippen LogP contribution in [-0.2, 0) is 19.6 Å². The Morgan fingerprint density at radius 2 is 2.07 bits per heavy atom. The fraction of sp³-hybridized carbons (Fsp3) is 0.500. The number of ether oxygens (including phenoxy) is 1. The first-order chi connectivity index (χ1) is 12.6. The van der Waals surface area contributed by atoms with Crippen molar-refractivity contribution in [2.24, 2.45) is 5.92 Å². The molecule has 0 saturated carbocycles. The Morgan fingerprint density at radius 3 is 2.86 bits per heavy atom. The number of aromatic nitrogens is 2. The zero-order valence-electron chi connectivity index (χ0n) is 16.3. The minimum atomic E-state index is 0. The molecule has 154 valence electrons. The van der Waals surface area contributed by atoms with Gasteiger partial charge in [0.2, 0.25) is 0 Å². The molecule has 2 aliphatic rings. The molecule has 1 saturated heterocycles. The molecule has 4 heterocycles. The highest BCUT2D eigenvalue weighted by Gasteiger charge is 2.31. The first-order valence-electron chi connectivity index (χ1n) is 9.25. The van der Waals surface area contributed by atoms with Gasteiger partial charge in [0, 0.05) is 55.6 Å². The summed E-state index contributed by atoms with van der Waals surface area (Å²) in [5, 5.41) is 3.49. The maximum Gasteiger partial charge on any atom is 0.255 e. The first-order valence-corrected chi connectivity index (χ1v) is 9.25. The highest BCUT2D eigenvalue weighted by Crippen LogP contribution is 2.31. The molecule has 2 atom stereocenters. The molecule has 28 heavy (non-hydrogen) atoms. The minimum Gasteiger partial charge on any atom is -0.497 e. The third-order valence-electron chi connectivity index (χ3n) is 5.48. The van der Waals surface area contributed by atoms with Crippen LogP contribution in [0.5, 0.6) is 5.75 Å². The Hall–Kier alpha value is -1.60. The number of rotatable bonds is 5. The van der Waals surface area contributed by atoms with E-state index in [9.17, 15) is 4.79 Å². The molecule has 8 heteroatoms. The molecule has 0 spiro atoms. The SMILES string of the molecule is COc1ccnc(CN(C)Cc2ccc3n(c2=O)C[C@@H]2CNC[C@H]3C2)c1.Cl.Cl. The molecule has 0 amide bonds. The molecule has 0 radical (unpaired) electrons. The van der Waals surface area contributed by atoms with E-state index in [4.69, 9.17) is 4.74 Å². The lowest BCUT2D eigenvalue weighted by Gasteiger charge is -2.37. The maximum atomic E-state index is 13.0. The summed E-state index contributed by atoms with van der Waals surface area (Å²) in [5.74, 6) is 1.85. The van der Waals surface area contributed by atoms with Crippen molar-refractivity contribution in [2.45, 2.75) is 32.0 Å². The lowest BCUT2D eigenvalue weighted by atomic mass is 9.84. The van der Waals surface area contributed by atoms with Gasteiger partial charge in [-0.05, 0) is 38.1 Å². The Balaban J connectivity index is 0.00000140. The average molecular weight is 427 g/mol. The number of fused-ring (bicyclic) bond motifs is 4. The Bertz CT molecular complexity index is 858. The van der Waals surface area contributed by atoms with Gasteiger partial charge >= 0.3 is 0 Å². The van der Waals surface area contributed by atoms with Crippen molar-refractivity contribution in [3.63, 3.8) is 0 Å². The molecular weight excluding hydrogens is 399 g/mol. The summed E-state index contributed by atoms with van der Waals surface area (Å²) in [6.45, 7) is 4.14. The van der Waals surface area contributed by atoms with Crippen LogP contribution in [0.2, 0.25) is 0 Å². The maximum absolute atomic E-state index is 13.0. The van der Waals surface area contributed by atoms with Crippen LogP contribution >= 0.6 is 24.8 Å². The van der Waals surface area contributed by atoms with Crippen molar-refractivity contribution >= 4 is 24.8 Å². The Labute approximate surface area is 178 Å². The van der Waals surface area contributed by atoms with Crippen molar-refractivity contribution in [3.05, 3.63) is 57.8 Å². The Kier molecular flexibility index (Phi) is 7.89. The van der Waals surface area contributed by atoms with Gasteiger partial charge in [-0.25, -0.2) is 0 Å². The van der Waals surface area contributed by atoms with Crippen LogP contribution < -0.4 is 15.6 Å². The highest BCUT2D eigenvalue weighted by atomic mass is 35.5. The molecular formula is C20H28Cl2N4O2. The van der Waals surface area contributed by atoms with E-state index < -0.39 is 0 Å². The minimum absolute atomic E-state index is 0. The quantitative estimate of drug-likeness (QED) is 0.795. The van der Waals surface area contributed by atoms with Gasteiger partial charge in [0.15, 0.2) is 0 Å². The van der Waals surface area contributed by atoms with Gasteiger partial charge in [-0.2, -0.15) is 0 Å². The van der Waals surface area contributed by atoms with E-state index in [1.165, 1.54) is 12.1 Å². The summed E-state index contributed by atoms with van der Waals surface area (Å²) in [7, 11) is 3.67. The monoisotopic (exact) mass is 426 g/mol. The lowest BCUT2D eigenvalue weighted by molar-refractivity contribution is 0.254. The molecule has 0 aromatic carbocycles. The lowest BCUT2D eigenvalue weighted by Crippen LogP contribution is -2.45. The molecule has 2 aliphatic heterocycles. The predicted octanol–water partition coefficient (Wildman–Crippen LogP) is 2.43. The molecule has 2 aromatic heterocycles. The molecule has 6 nitrogen and oxygen atoms in total. The van der Waals surface area contributed by atoms with Crippen LogP contribution in [0.15, 0.2) is 35.3 Å². The van der Waals surface area contributed by atoms with E-state index in [-0.39, 0.29) is 30.4 Å². The number of nitrogens with one attached hydrogen (secondary N) is 1. The summed E-state index contributed by atoms with van der Waals surface area (Å²) < 4.78 is 7.28. The Morgan fingerprint density at radius 1 is 1.25 bits per heavy atom. The van der Waals surface area contributed by atoms with Crippen LogP contribution in [0, 0.1) is 5.92 Å². The summed E-state index contributed by atoms with van der Waals surface area (Å²) in [6.07, 6.45) is 2.95. The third-order valence-corrected chi connectivity index (χ3v) is 5.48. The molecule has 2 aromatic rings. The zero-order chi connectivity index (χ0) is 18.1. The second-order valence-electron chi connectivity index (χ2n) is 7.52. The third kappa shape index (κ3) is 4.69. The van der Waals surface area contributed by atoms with E-state index in [0.717, 1.165) is 36.6 Å². The smallest absolute Gasteiger partial charge is 0.255 e. The van der Waals surface area contributed by atoms with Gasteiger partial charge in [-0.1, -0.05) is 6.07 Å². The number of hydrogen-bond donors (Lipinski definition) is 1. The summed E-state index contributed by atoms with van der Waals surface area (Å²) >= 11 is 0. The highest BCUT2D eigenvalue weighted by molar-refractivity contribution is 5.85. The van der Waals surface area contributed by atoms with E-state index in [0.29, 0.717) is 24.9 Å². The van der Waals surface area contributed by atoms with Crippen LogP contribution in [0.25, 0.3) is 0 Å². The molecule has 1 N–H and O–H groups in total. The average Bonchev–Trinajstić information content (AvgIpc) is 2.65. The standard InChI is InChI=1S/C20H26N4O2.2ClH/c1-23(13-17-8-18(26-2)5-6-22-17)12-15-3-4-19-16-7-14(9-21-10-16)11-24(19)20(15)25;;/h3-6,8,14,16,21H,7,9-13H2,1-2H3;2*1H/t14-,16+;;/m0../s1. The van der Waals surface area contributed by atoms with Gasteiger partial charge in [0.1, 0.15) is 5.75 Å². The van der Waals surface area contributed by atoms with Gasteiger partial charge in [-0.15, -0.1) is 24.8 Å². The van der Waals surface area contributed by atoms with E-state index >= 15 is 0 Å². The van der Waals surface area contributed by atoms with Crippen molar-refractivity contribution in [1.82, 2.24) is 19.8 Å². The largest absolute Gasteiger partial charge is 0.497 e. The zero-order valence-corrected chi connectivity index (χ0v) is 17.9. The van der Waals surface area contributed by atoms with Gasteiger partial charge in [-0.3, -0.25) is 14.7 Å². The fourth-order valence-electron chi connectivity index (χ4n) is 4.25. The first kappa shape index (κ1) is 22.7. The van der Waals surface area contributed by atoms with Crippen LogP contribution in [0.3, 0.4) is 0 Å². The topological polar surface area (TPSA) is 59.4 Å². The molecule has 1 fully saturated rings. The van der Waals surface area contributed by atoms with Crippen molar-refractivity contribution < 1.29 is 4.74 Å². The molecule has 0 unspecified atom stereocenters. The van der Waals surface area contributed by atoms with E-state index in [1.54, 1.807) is 13.3 Å². The van der Waals surface area contributed by atoms with Gasteiger partial charge in [0.25, 0.3) is 5.56 Å². The molecule has 0 aliphatic carbocycles. The summed E-state index contributed by atoms with van der Waals surface area (Å²) in [4.78, 5) is 19.5. The van der Waals surface area contributed by atoms with Gasteiger partial charge in [0.05, 0.1) is 12.8 Å². The number of hydrogen-bond acceptors (Lipinski definition) is 5. The summed E-state index contributed by atoms with van der Waals surface area (Å²) in [5.41, 5.74) is 3.15. The fourth-order valence-corrected chi connectivity index (χ4v) is 4.25. The number of methoxy groups -OCH3 is 1. The van der Waals surface area contributed by atoms with E-state index in [1.807, 2.05) is 29.8 Å². The molecule has 2 bridgehead atoms. The number of halogens is 2. The second kappa shape index (κ2) is 9.74. The summed E-state index contributed by atoms with van der Waals surface area (Å²) in [6, 6.07) is 7.94. The normalized spacial score (nSPS) is 20.0.